The van der Waals surface area contributed by atoms with E-state index in [-0.39, 0.29) is 66.1 Å². The van der Waals surface area contributed by atoms with Crippen molar-refractivity contribution in [3.8, 4) is 0 Å². The fraction of sp³-hybridized carbons (Fsp3) is 0.846. The Kier molecular flexibility index (Phi) is 7.28. The van der Waals surface area contributed by atoms with Crippen molar-refractivity contribution < 1.29 is 31.3 Å². The van der Waals surface area contributed by atoms with E-state index in [1.54, 1.807) is 10.4 Å². The van der Waals surface area contributed by atoms with E-state index >= 15 is 0 Å². The highest BCUT2D eigenvalue weighted by molar-refractivity contribution is 7.89. The van der Waals surface area contributed by atoms with Crippen molar-refractivity contribution in [1.82, 2.24) is 20.1 Å². The van der Waals surface area contributed by atoms with Gasteiger partial charge in [0.1, 0.15) is 5.76 Å². The minimum atomic E-state index is -3.40. The highest BCUT2D eigenvalue weighted by atomic mass is 32.2. The number of fused-ring (bicyclic) bond motifs is 2. The van der Waals surface area contributed by atoms with Gasteiger partial charge in [0.2, 0.25) is 15.9 Å². The Balaban J connectivity index is 0.964. The molecule has 38 heavy (non-hydrogen) atoms. The summed E-state index contributed by atoms with van der Waals surface area (Å²) in [5.74, 6) is -1.59. The monoisotopic (exact) mass is 556 g/mol. The molecule has 1 amide bonds. The topological polar surface area (TPSA) is 114 Å². The number of nitrogens with one attached hydrogen (secondary N) is 2. The van der Waals surface area contributed by atoms with Crippen molar-refractivity contribution in [3.05, 3.63) is 17.5 Å². The Bertz CT molecular complexity index is 1100. The number of carbonyl (C=O) groups is 1. The molecule has 2 bridgehead atoms. The van der Waals surface area contributed by atoms with Gasteiger partial charge in [-0.3, -0.25) is 4.79 Å². The van der Waals surface area contributed by atoms with Gasteiger partial charge in [-0.2, -0.15) is 4.31 Å². The van der Waals surface area contributed by atoms with E-state index in [4.69, 9.17) is 9.26 Å². The summed E-state index contributed by atoms with van der Waals surface area (Å²) >= 11 is 0. The van der Waals surface area contributed by atoms with Crippen LogP contribution in [0.2, 0.25) is 0 Å². The Labute approximate surface area is 222 Å². The van der Waals surface area contributed by atoms with Crippen LogP contribution in [0, 0.1) is 11.8 Å². The van der Waals surface area contributed by atoms with Crippen LogP contribution < -0.4 is 10.6 Å². The Morgan fingerprint density at radius 1 is 1.03 bits per heavy atom. The summed E-state index contributed by atoms with van der Waals surface area (Å²) in [6.07, 6.45) is 6.29. The third-order valence-corrected chi connectivity index (χ3v) is 11.4. The quantitative estimate of drug-likeness (QED) is 0.481. The second kappa shape index (κ2) is 10.4. The minimum absolute atomic E-state index is 0.0201. The average Bonchev–Trinajstić information content (AvgIpc) is 3.39. The van der Waals surface area contributed by atoms with Crippen LogP contribution in [0.4, 0.5) is 8.78 Å². The molecule has 1 aromatic rings. The lowest BCUT2D eigenvalue weighted by Gasteiger charge is -2.39. The van der Waals surface area contributed by atoms with Gasteiger partial charge in [-0.25, -0.2) is 17.2 Å². The Morgan fingerprint density at radius 2 is 1.71 bits per heavy atom. The number of rotatable bonds is 9. The molecule has 2 atom stereocenters. The summed E-state index contributed by atoms with van der Waals surface area (Å²) in [5.41, 5.74) is 0.255. The number of carbonyl (C=O) groups excluding carboxylic acids is 1. The fourth-order valence-corrected chi connectivity index (χ4v) is 9.53. The third kappa shape index (κ3) is 5.64. The molecule has 1 aromatic heterocycles. The molecule has 2 aliphatic carbocycles. The van der Waals surface area contributed by atoms with Crippen LogP contribution in [0.15, 0.2) is 10.6 Å². The lowest BCUT2D eigenvalue weighted by Crippen LogP contribution is -2.53. The number of hydrogen-bond acceptors (Lipinski definition) is 7. The van der Waals surface area contributed by atoms with E-state index in [0.29, 0.717) is 44.4 Å². The van der Waals surface area contributed by atoms with Gasteiger partial charge in [0.15, 0.2) is 5.69 Å². The summed E-state index contributed by atoms with van der Waals surface area (Å²) in [6.45, 7) is 1.79. The van der Waals surface area contributed by atoms with Crippen LogP contribution in [0.5, 0.6) is 0 Å². The zero-order chi connectivity index (χ0) is 26.5. The van der Waals surface area contributed by atoms with Gasteiger partial charge >= 0.3 is 0 Å². The summed E-state index contributed by atoms with van der Waals surface area (Å²) < 4.78 is 65.3. The Hall–Kier alpha value is -1.63. The molecular formula is C26H38F2N4O5S. The van der Waals surface area contributed by atoms with Crippen LogP contribution in [-0.2, 0) is 14.8 Å². The number of alkyl halides is 2. The SMILES string of the molecule is O=C(NC1CC2CCC(C1)N2S(=O)(=O)CC1CCC(NCC2CC(F)(F)C2)CC1)c1cc(C2COC2)on1. The van der Waals surface area contributed by atoms with Gasteiger partial charge in [-0.15, -0.1) is 0 Å². The van der Waals surface area contributed by atoms with E-state index < -0.39 is 15.9 Å². The second-order valence-corrected chi connectivity index (χ2v) is 14.2. The van der Waals surface area contributed by atoms with Crippen molar-refractivity contribution in [3.63, 3.8) is 0 Å². The predicted molar refractivity (Wildman–Crippen MR) is 134 cm³/mol. The first kappa shape index (κ1) is 26.6. The zero-order valence-electron chi connectivity index (χ0n) is 21.6. The molecule has 2 unspecified atom stereocenters. The molecule has 2 N–H and O–H groups in total. The number of piperidine rings is 1. The van der Waals surface area contributed by atoms with Crippen LogP contribution in [0.1, 0.15) is 86.4 Å². The molecule has 6 rings (SSSR count). The van der Waals surface area contributed by atoms with Crippen LogP contribution in [0.25, 0.3) is 0 Å². The lowest BCUT2D eigenvalue weighted by atomic mass is 9.80. The van der Waals surface area contributed by atoms with E-state index in [0.717, 1.165) is 38.5 Å². The number of sulfonamides is 1. The number of hydrogen-bond donors (Lipinski definition) is 2. The first-order valence-electron chi connectivity index (χ1n) is 14.1. The number of amides is 1. The minimum Gasteiger partial charge on any atom is -0.380 e. The van der Waals surface area contributed by atoms with Gasteiger partial charge in [-0.1, -0.05) is 5.16 Å². The number of halogens is 2. The van der Waals surface area contributed by atoms with Gasteiger partial charge < -0.3 is 19.9 Å². The molecular weight excluding hydrogens is 518 g/mol. The molecule has 0 radical (unpaired) electrons. The van der Waals surface area contributed by atoms with Crippen molar-refractivity contribution in [2.75, 3.05) is 25.5 Å². The fourth-order valence-electron chi connectivity index (χ4n) is 7.13. The maximum absolute atomic E-state index is 13.5. The molecule has 0 aromatic carbocycles. The molecule has 2 saturated carbocycles. The Morgan fingerprint density at radius 3 is 2.32 bits per heavy atom. The van der Waals surface area contributed by atoms with Crippen LogP contribution in [-0.4, -0.2) is 79.4 Å². The van der Waals surface area contributed by atoms with Gasteiger partial charge in [0.05, 0.1) is 24.9 Å². The van der Waals surface area contributed by atoms with E-state index in [1.165, 1.54) is 0 Å². The van der Waals surface area contributed by atoms with Crippen molar-refractivity contribution in [2.45, 2.75) is 100 Å². The van der Waals surface area contributed by atoms with Crippen LogP contribution in [0.3, 0.4) is 0 Å². The summed E-state index contributed by atoms with van der Waals surface area (Å²) in [5, 5.41) is 10.4. The maximum Gasteiger partial charge on any atom is 0.273 e. The maximum atomic E-state index is 13.5. The smallest absolute Gasteiger partial charge is 0.273 e. The molecule has 4 heterocycles. The summed E-state index contributed by atoms with van der Waals surface area (Å²) in [7, 11) is -3.40. The standard InChI is InChI=1S/C26H38F2N4O5S/c27-26(28)10-17(11-26)12-29-19-3-1-16(2-4-19)15-38(34,35)32-21-5-6-22(32)8-20(7-21)30-25(33)23-9-24(37-31-23)18-13-36-14-18/h9,16-22,29H,1-8,10-15H2,(H,30,33). The largest absolute Gasteiger partial charge is 0.380 e. The van der Waals surface area contributed by atoms with Gasteiger partial charge in [-0.05, 0) is 69.7 Å². The zero-order valence-corrected chi connectivity index (χ0v) is 22.4. The molecule has 5 aliphatic rings. The van der Waals surface area contributed by atoms with E-state index in [2.05, 4.69) is 15.8 Å². The van der Waals surface area contributed by atoms with Gasteiger partial charge in [0.25, 0.3) is 5.91 Å². The van der Waals surface area contributed by atoms with Crippen molar-refractivity contribution >= 4 is 15.9 Å². The highest BCUT2D eigenvalue weighted by Gasteiger charge is 2.48. The third-order valence-electron chi connectivity index (χ3n) is 9.29. The number of aromatic nitrogens is 1. The van der Waals surface area contributed by atoms with E-state index in [1.807, 2.05) is 0 Å². The molecule has 3 aliphatic heterocycles. The second-order valence-electron chi connectivity index (χ2n) is 12.2. The molecule has 212 valence electrons. The van der Waals surface area contributed by atoms with Gasteiger partial charge in [0, 0.05) is 43.1 Å². The van der Waals surface area contributed by atoms with E-state index in [9.17, 15) is 22.0 Å². The molecule has 9 nitrogen and oxygen atoms in total. The number of nitrogens with zero attached hydrogens (tertiary/aromatic N) is 2. The molecule has 12 heteroatoms. The summed E-state index contributed by atoms with van der Waals surface area (Å²) in [4.78, 5) is 12.8. The van der Waals surface area contributed by atoms with Crippen molar-refractivity contribution in [1.29, 1.82) is 0 Å². The predicted octanol–water partition coefficient (Wildman–Crippen LogP) is 3.04. The normalized spacial score (nSPS) is 34.0. The molecule has 0 spiro atoms. The van der Waals surface area contributed by atoms with Crippen LogP contribution >= 0.6 is 0 Å². The first-order valence-corrected chi connectivity index (χ1v) is 15.7. The summed E-state index contributed by atoms with van der Waals surface area (Å²) in [6, 6.07) is 1.72. The first-order chi connectivity index (χ1) is 18.1. The number of ether oxygens (including phenoxy) is 1. The molecule has 3 saturated heterocycles. The average molecular weight is 557 g/mol. The van der Waals surface area contributed by atoms with Crippen molar-refractivity contribution in [2.24, 2.45) is 11.8 Å². The lowest BCUT2D eigenvalue weighted by molar-refractivity contribution is -0.109. The molecule has 5 fully saturated rings. The highest BCUT2D eigenvalue weighted by Crippen LogP contribution is 2.42.